The van der Waals surface area contributed by atoms with E-state index in [1.165, 1.54) is 0 Å². The van der Waals surface area contributed by atoms with Gasteiger partial charge in [0, 0.05) is 0 Å². The second-order valence-corrected chi connectivity index (χ2v) is 11.9. The standard InChI is InChI=1S/C20H20F17N2O3P/c1-5-38(6-2)43(39(7-3)8-4,40-14-12(24)10(22)9(21)11(23)13(14)25)41-15(17(26,27)28,18(29,30)31)16(42-43,19(32,33)34)20(35,36)37/h5-8H2,1-4H3. The topological polar surface area (TPSA) is 34.2 Å². The van der Waals surface area contributed by atoms with Gasteiger partial charge in [-0.3, -0.25) is 0 Å². The first-order valence-corrected chi connectivity index (χ1v) is 13.5. The van der Waals surface area contributed by atoms with Crippen molar-refractivity contribution in [2.45, 2.75) is 63.6 Å². The molecule has 0 saturated carbocycles. The molecule has 0 aliphatic carbocycles. The minimum absolute atomic E-state index is 0.234. The molecule has 252 valence electrons. The first kappa shape index (κ1) is 37.3. The molecule has 1 aliphatic rings. The number of hydrogen-bond acceptors (Lipinski definition) is 5. The summed E-state index contributed by atoms with van der Waals surface area (Å²) in [6, 6.07) is 0. The van der Waals surface area contributed by atoms with Crippen LogP contribution < -0.4 is 4.52 Å². The molecule has 1 aliphatic heterocycles. The van der Waals surface area contributed by atoms with Gasteiger partial charge in [0.05, 0.1) is 0 Å². The van der Waals surface area contributed by atoms with Gasteiger partial charge < -0.3 is 0 Å². The van der Waals surface area contributed by atoms with Crippen LogP contribution in [0.25, 0.3) is 0 Å². The molecule has 0 N–H and O–H groups in total. The molecule has 1 fully saturated rings. The average Bonchev–Trinajstić information content (AvgIpc) is 3.18. The summed E-state index contributed by atoms with van der Waals surface area (Å²) in [5, 5.41) is 0. The van der Waals surface area contributed by atoms with Gasteiger partial charge >= 0.3 is 230 Å². The summed E-state index contributed by atoms with van der Waals surface area (Å²) in [6.45, 7) is -2.12. The van der Waals surface area contributed by atoms with Crippen LogP contribution in [0, 0.1) is 29.1 Å². The van der Waals surface area contributed by atoms with Crippen LogP contribution >= 0.6 is 7.59 Å². The van der Waals surface area contributed by atoms with Crippen molar-refractivity contribution >= 4 is 7.59 Å². The quantitative estimate of drug-likeness (QED) is 0.119. The Balaban J connectivity index is 3.52. The van der Waals surface area contributed by atoms with E-state index >= 15 is 0 Å². The van der Waals surface area contributed by atoms with Gasteiger partial charge in [-0.2, -0.15) is 0 Å². The Morgan fingerprint density at radius 2 is 0.744 bits per heavy atom. The van der Waals surface area contributed by atoms with Crippen molar-refractivity contribution in [3.05, 3.63) is 29.1 Å². The molecule has 43 heavy (non-hydrogen) atoms. The Morgan fingerprint density at radius 1 is 0.512 bits per heavy atom. The summed E-state index contributed by atoms with van der Waals surface area (Å²) in [5.74, 6) is -18.2. The van der Waals surface area contributed by atoms with E-state index in [4.69, 9.17) is 0 Å². The maximum atomic E-state index is 14.8. The van der Waals surface area contributed by atoms with E-state index in [0.29, 0.717) is 27.7 Å². The number of alkyl halides is 12. The molecule has 0 amide bonds. The molecule has 2 rings (SSSR count). The zero-order valence-electron chi connectivity index (χ0n) is 21.8. The van der Waals surface area contributed by atoms with Crippen molar-refractivity contribution in [3.8, 4) is 5.75 Å². The molecule has 1 saturated heterocycles. The Hall–Kier alpha value is -1.90. The van der Waals surface area contributed by atoms with Crippen molar-refractivity contribution in [2.24, 2.45) is 0 Å². The Labute approximate surface area is 230 Å². The van der Waals surface area contributed by atoms with E-state index in [1.54, 1.807) is 0 Å². The minimum atomic E-state index is -8.21. The van der Waals surface area contributed by atoms with Gasteiger partial charge in [-0.25, -0.2) is 0 Å². The van der Waals surface area contributed by atoms with Gasteiger partial charge in [0.1, 0.15) is 0 Å². The Kier molecular flexibility index (Phi) is 9.43. The van der Waals surface area contributed by atoms with Gasteiger partial charge in [0.2, 0.25) is 0 Å². The predicted molar refractivity (Wildman–Crippen MR) is 111 cm³/mol. The third-order valence-corrected chi connectivity index (χ3v) is 11.2. The van der Waals surface area contributed by atoms with E-state index in [2.05, 4.69) is 13.6 Å². The van der Waals surface area contributed by atoms with Gasteiger partial charge in [-0.1, -0.05) is 0 Å². The number of nitrogens with zero attached hydrogens (tertiary/aromatic N) is 2. The summed E-state index contributed by atoms with van der Waals surface area (Å²) in [7, 11) is -8.21. The van der Waals surface area contributed by atoms with Crippen LogP contribution in [0.1, 0.15) is 27.7 Å². The molecule has 1 aromatic carbocycles. The van der Waals surface area contributed by atoms with Crippen LogP contribution in [-0.4, -0.2) is 71.4 Å². The van der Waals surface area contributed by atoms with Crippen molar-refractivity contribution in [3.63, 3.8) is 0 Å². The van der Waals surface area contributed by atoms with Gasteiger partial charge in [-0.15, -0.1) is 0 Å². The summed E-state index contributed by atoms with van der Waals surface area (Å²) >= 11 is 0. The van der Waals surface area contributed by atoms with Gasteiger partial charge in [0.25, 0.3) is 0 Å². The molecule has 1 heterocycles. The van der Waals surface area contributed by atoms with Crippen molar-refractivity contribution in [1.82, 2.24) is 9.34 Å². The van der Waals surface area contributed by atoms with Crippen molar-refractivity contribution in [1.29, 1.82) is 0 Å². The molecule has 23 heteroatoms. The number of rotatable bonds is 8. The molecule has 0 radical (unpaired) electrons. The van der Waals surface area contributed by atoms with Crippen LogP contribution in [0.5, 0.6) is 5.75 Å². The molecule has 5 nitrogen and oxygen atoms in total. The van der Waals surface area contributed by atoms with Crippen LogP contribution in [-0.2, 0) is 9.05 Å². The zero-order valence-corrected chi connectivity index (χ0v) is 22.7. The monoisotopic (exact) mass is 690 g/mol. The normalized spacial score (nSPS) is 21.2. The fourth-order valence-electron chi connectivity index (χ4n) is 4.72. The first-order chi connectivity index (χ1) is 19.2. The van der Waals surface area contributed by atoms with Crippen LogP contribution in [0.15, 0.2) is 0 Å². The predicted octanol–water partition coefficient (Wildman–Crippen LogP) is 8.35. The number of benzene rings is 1. The Morgan fingerprint density at radius 3 is 0.953 bits per heavy atom. The Bertz CT molecular complexity index is 1090. The molecule has 1 aromatic rings. The van der Waals surface area contributed by atoms with E-state index in [9.17, 15) is 74.6 Å². The molecule has 0 atom stereocenters. The third kappa shape index (κ3) is 4.72. The van der Waals surface area contributed by atoms with Gasteiger partial charge in [-0.05, 0) is 0 Å². The summed E-state index contributed by atoms with van der Waals surface area (Å²) in [5.41, 5.74) is -15.0. The second kappa shape index (κ2) is 10.9. The summed E-state index contributed by atoms with van der Waals surface area (Å²) in [4.78, 5) is 0. The molecule has 0 unspecified atom stereocenters. The summed E-state index contributed by atoms with van der Waals surface area (Å²) in [6.07, 6.45) is -31.1. The number of halogens is 17. The molecule has 0 spiro atoms. The second-order valence-electron chi connectivity index (χ2n) is 8.61. The fourth-order valence-corrected chi connectivity index (χ4v) is 9.85. The third-order valence-electron chi connectivity index (χ3n) is 6.50. The van der Waals surface area contributed by atoms with E-state index in [1.807, 2.05) is 0 Å². The van der Waals surface area contributed by atoms with E-state index in [0.717, 1.165) is 0 Å². The molecule has 0 bridgehead atoms. The molecular formula is C20H20F17N2O3P. The molecular weight excluding hydrogens is 670 g/mol. The van der Waals surface area contributed by atoms with Crippen LogP contribution in [0.4, 0.5) is 74.6 Å². The zero-order chi connectivity index (χ0) is 34.0. The SMILES string of the molecule is CCN(CC)P1(Oc2c(F)c(F)c(F)c(F)c2F)(N(CC)CC)OC(C(F)(F)F)(C(F)(F)F)C(C(F)(F)F)(C(F)(F)F)O1. The number of hydrogen-bond donors (Lipinski definition) is 0. The first-order valence-electron chi connectivity index (χ1n) is 11.6. The van der Waals surface area contributed by atoms with Crippen LogP contribution in [0.3, 0.4) is 0 Å². The van der Waals surface area contributed by atoms with Crippen LogP contribution in [0.2, 0.25) is 0 Å². The van der Waals surface area contributed by atoms with Crippen molar-refractivity contribution < 1.29 is 88.2 Å². The maximum absolute atomic E-state index is 14.8. The average molecular weight is 690 g/mol. The van der Waals surface area contributed by atoms with E-state index < -0.39 is 105 Å². The summed E-state index contributed by atoms with van der Waals surface area (Å²) < 4.78 is 257. The van der Waals surface area contributed by atoms with Crippen molar-refractivity contribution in [2.75, 3.05) is 26.2 Å². The fraction of sp³-hybridized carbons (Fsp3) is 0.700. The molecule has 0 aromatic heterocycles. The van der Waals surface area contributed by atoms with E-state index in [-0.39, 0.29) is 9.34 Å². The van der Waals surface area contributed by atoms with Gasteiger partial charge in [0.15, 0.2) is 0 Å².